The van der Waals surface area contributed by atoms with Crippen LogP contribution in [0.15, 0.2) is 28.7 Å². The molecular weight excluding hydrogens is 296 g/mol. The maximum Gasteiger partial charge on any atom is 0.194 e. The molecule has 0 saturated heterocycles. The molecule has 0 saturated carbocycles. The summed E-state index contributed by atoms with van der Waals surface area (Å²) in [7, 11) is 0. The number of ketones is 1. The Morgan fingerprint density at radius 3 is 2.41 bits per heavy atom. The fraction of sp³-hybridized carbons (Fsp3) is 0.214. The summed E-state index contributed by atoms with van der Waals surface area (Å²) in [5.74, 6) is 0.116. The van der Waals surface area contributed by atoms with Crippen molar-refractivity contribution in [2.45, 2.75) is 20.8 Å². The molecule has 1 nitrogen and oxygen atoms in total. The van der Waals surface area contributed by atoms with Crippen molar-refractivity contribution in [3.8, 4) is 0 Å². The van der Waals surface area contributed by atoms with Gasteiger partial charge in [0, 0.05) is 25.4 Å². The summed E-state index contributed by atoms with van der Waals surface area (Å²) in [5.41, 5.74) is 2.62. The minimum Gasteiger partial charge on any atom is -0.289 e. The lowest BCUT2D eigenvalue weighted by Crippen LogP contribution is -2.03. The SMILES string of the molecule is Cc1cc(C(=O)c2cc(Br)ccc2C)c(C)s1. The summed E-state index contributed by atoms with van der Waals surface area (Å²) in [6.45, 7) is 5.99. The molecule has 3 heteroatoms. The summed E-state index contributed by atoms with van der Waals surface area (Å²) in [4.78, 5) is 14.7. The standard InChI is InChI=1S/C14H13BrOS/c1-8-4-5-11(15)7-12(8)14(16)13-6-9(2)17-10(13)3/h4-7H,1-3H3. The number of carbonyl (C=O) groups excluding carboxylic acids is 1. The van der Waals surface area contributed by atoms with Crippen molar-refractivity contribution in [3.05, 3.63) is 55.2 Å². The maximum absolute atomic E-state index is 12.4. The van der Waals surface area contributed by atoms with Gasteiger partial charge in [-0.2, -0.15) is 0 Å². The van der Waals surface area contributed by atoms with Crippen molar-refractivity contribution in [2.75, 3.05) is 0 Å². The minimum absolute atomic E-state index is 0.116. The van der Waals surface area contributed by atoms with E-state index in [1.54, 1.807) is 11.3 Å². The minimum atomic E-state index is 0.116. The third-order valence-electron chi connectivity index (χ3n) is 2.73. The van der Waals surface area contributed by atoms with Crippen molar-refractivity contribution in [1.29, 1.82) is 0 Å². The van der Waals surface area contributed by atoms with Crippen LogP contribution in [-0.2, 0) is 0 Å². The Hall–Kier alpha value is -0.930. The van der Waals surface area contributed by atoms with Gasteiger partial charge in [0.2, 0.25) is 0 Å². The second-order valence-electron chi connectivity index (χ2n) is 4.12. The number of halogens is 1. The lowest BCUT2D eigenvalue weighted by Gasteiger charge is -2.05. The van der Waals surface area contributed by atoms with Crippen molar-refractivity contribution < 1.29 is 4.79 Å². The number of rotatable bonds is 2. The fourth-order valence-corrected chi connectivity index (χ4v) is 3.12. The van der Waals surface area contributed by atoms with Gasteiger partial charge in [0.05, 0.1) is 0 Å². The zero-order valence-electron chi connectivity index (χ0n) is 10.0. The van der Waals surface area contributed by atoms with Crippen molar-refractivity contribution >= 4 is 33.0 Å². The van der Waals surface area contributed by atoms with Crippen LogP contribution in [0.2, 0.25) is 0 Å². The van der Waals surface area contributed by atoms with Crippen LogP contribution in [0.4, 0.5) is 0 Å². The molecule has 0 atom stereocenters. The lowest BCUT2D eigenvalue weighted by molar-refractivity contribution is 0.103. The van der Waals surface area contributed by atoms with E-state index in [9.17, 15) is 4.79 Å². The van der Waals surface area contributed by atoms with Gasteiger partial charge >= 0.3 is 0 Å². The lowest BCUT2D eigenvalue weighted by atomic mass is 9.99. The predicted octanol–water partition coefficient (Wildman–Crippen LogP) is 4.67. The molecular formula is C14H13BrOS. The maximum atomic E-state index is 12.4. The number of hydrogen-bond acceptors (Lipinski definition) is 2. The van der Waals surface area contributed by atoms with Gasteiger partial charge in [0.15, 0.2) is 5.78 Å². The Balaban J connectivity index is 2.50. The number of thiophene rings is 1. The normalized spacial score (nSPS) is 10.6. The van der Waals surface area contributed by atoms with Crippen LogP contribution < -0.4 is 0 Å². The molecule has 0 unspecified atom stereocenters. The van der Waals surface area contributed by atoms with Crippen molar-refractivity contribution in [3.63, 3.8) is 0 Å². The van der Waals surface area contributed by atoms with Gasteiger partial charge < -0.3 is 0 Å². The first kappa shape index (κ1) is 12.5. The van der Waals surface area contributed by atoms with E-state index in [4.69, 9.17) is 0 Å². The van der Waals surface area contributed by atoms with Crippen LogP contribution in [0.3, 0.4) is 0 Å². The van der Waals surface area contributed by atoms with E-state index in [0.29, 0.717) is 0 Å². The highest BCUT2D eigenvalue weighted by molar-refractivity contribution is 9.10. The van der Waals surface area contributed by atoms with Crippen LogP contribution in [0.5, 0.6) is 0 Å². The molecule has 0 bridgehead atoms. The molecule has 0 spiro atoms. The largest absolute Gasteiger partial charge is 0.289 e. The van der Waals surface area contributed by atoms with Crippen molar-refractivity contribution in [2.24, 2.45) is 0 Å². The van der Waals surface area contributed by atoms with E-state index in [0.717, 1.165) is 26.0 Å². The third-order valence-corrected chi connectivity index (χ3v) is 4.19. The molecule has 0 aliphatic carbocycles. The third kappa shape index (κ3) is 2.50. The van der Waals surface area contributed by atoms with E-state index in [1.165, 1.54) is 4.88 Å². The smallest absolute Gasteiger partial charge is 0.194 e. The van der Waals surface area contributed by atoms with Crippen LogP contribution in [0, 0.1) is 20.8 Å². The quantitative estimate of drug-likeness (QED) is 0.737. The second kappa shape index (κ2) is 4.75. The Morgan fingerprint density at radius 1 is 1.12 bits per heavy atom. The molecule has 17 heavy (non-hydrogen) atoms. The first-order valence-electron chi connectivity index (χ1n) is 5.37. The molecule has 1 aromatic carbocycles. The van der Waals surface area contributed by atoms with Gasteiger partial charge in [-0.25, -0.2) is 0 Å². The summed E-state index contributed by atoms with van der Waals surface area (Å²) < 4.78 is 0.941. The molecule has 0 aliphatic rings. The van der Waals surface area contributed by atoms with Crippen LogP contribution in [0.1, 0.15) is 31.2 Å². The molecule has 1 aromatic heterocycles. The monoisotopic (exact) mass is 308 g/mol. The fourth-order valence-electron chi connectivity index (χ4n) is 1.84. The number of aryl methyl sites for hydroxylation is 3. The first-order chi connectivity index (χ1) is 7.99. The average Bonchev–Trinajstić information content (AvgIpc) is 2.60. The Bertz CT molecular complexity index is 584. The number of hydrogen-bond donors (Lipinski definition) is 0. The van der Waals surface area contributed by atoms with E-state index >= 15 is 0 Å². The topological polar surface area (TPSA) is 17.1 Å². The Labute approximate surface area is 114 Å². The van der Waals surface area contributed by atoms with Crippen LogP contribution in [-0.4, -0.2) is 5.78 Å². The molecule has 0 amide bonds. The molecule has 0 radical (unpaired) electrons. The van der Waals surface area contributed by atoms with Crippen LogP contribution >= 0.6 is 27.3 Å². The predicted molar refractivity (Wildman–Crippen MR) is 76.1 cm³/mol. The molecule has 0 N–H and O–H groups in total. The average molecular weight is 309 g/mol. The van der Waals surface area contributed by atoms with E-state index < -0.39 is 0 Å². The molecule has 2 aromatic rings. The highest BCUT2D eigenvalue weighted by atomic mass is 79.9. The van der Waals surface area contributed by atoms with Gasteiger partial charge in [0.1, 0.15) is 0 Å². The number of benzene rings is 1. The van der Waals surface area contributed by atoms with Gasteiger partial charge in [0.25, 0.3) is 0 Å². The summed E-state index contributed by atoms with van der Waals surface area (Å²) in [5, 5.41) is 0. The second-order valence-corrected chi connectivity index (χ2v) is 6.49. The first-order valence-corrected chi connectivity index (χ1v) is 6.98. The van der Waals surface area contributed by atoms with E-state index in [2.05, 4.69) is 15.9 Å². The van der Waals surface area contributed by atoms with Crippen LogP contribution in [0.25, 0.3) is 0 Å². The van der Waals surface area contributed by atoms with Gasteiger partial charge in [-0.05, 0) is 44.5 Å². The molecule has 0 aliphatic heterocycles. The van der Waals surface area contributed by atoms with Gasteiger partial charge in [-0.1, -0.05) is 22.0 Å². The highest BCUT2D eigenvalue weighted by Crippen LogP contribution is 2.25. The zero-order valence-corrected chi connectivity index (χ0v) is 12.4. The van der Waals surface area contributed by atoms with Gasteiger partial charge in [-0.3, -0.25) is 4.79 Å². The van der Waals surface area contributed by atoms with Crippen molar-refractivity contribution in [1.82, 2.24) is 0 Å². The molecule has 2 rings (SSSR count). The summed E-state index contributed by atoms with van der Waals surface area (Å²) in [6, 6.07) is 7.79. The summed E-state index contributed by atoms with van der Waals surface area (Å²) >= 11 is 5.08. The van der Waals surface area contributed by atoms with E-state index in [-0.39, 0.29) is 5.78 Å². The molecule has 88 valence electrons. The van der Waals surface area contributed by atoms with Gasteiger partial charge in [-0.15, -0.1) is 11.3 Å². The number of carbonyl (C=O) groups is 1. The Kier molecular flexibility index (Phi) is 3.50. The summed E-state index contributed by atoms with van der Waals surface area (Å²) in [6.07, 6.45) is 0. The Morgan fingerprint density at radius 2 is 1.82 bits per heavy atom. The molecule has 1 heterocycles. The highest BCUT2D eigenvalue weighted by Gasteiger charge is 2.16. The molecule has 0 fully saturated rings. The zero-order chi connectivity index (χ0) is 12.6. The van der Waals surface area contributed by atoms with E-state index in [1.807, 2.05) is 45.0 Å².